The number of amides is 1. The molecule has 3 aliphatic heterocycles. The molecule has 5 rings (SSSR count). The molecule has 36 heavy (non-hydrogen) atoms. The van der Waals surface area contributed by atoms with E-state index in [4.69, 9.17) is 9.72 Å². The third-order valence-electron chi connectivity index (χ3n) is 7.20. The van der Waals surface area contributed by atoms with Gasteiger partial charge in [0.1, 0.15) is 12.1 Å². The summed E-state index contributed by atoms with van der Waals surface area (Å²) in [6.07, 6.45) is 4.22. The number of aryl methyl sites for hydroxylation is 2. The molecule has 6 nitrogen and oxygen atoms in total. The van der Waals surface area contributed by atoms with Gasteiger partial charge >= 0.3 is 6.09 Å². The molecule has 3 heterocycles. The van der Waals surface area contributed by atoms with Crippen LogP contribution in [-0.2, 0) is 11.2 Å². The average Bonchev–Trinajstić information content (AvgIpc) is 3.25. The number of ether oxygens (including phenoxy) is 1. The van der Waals surface area contributed by atoms with Gasteiger partial charge in [-0.2, -0.15) is 0 Å². The Kier molecular flexibility index (Phi) is 6.95. The van der Waals surface area contributed by atoms with Gasteiger partial charge in [0.05, 0.1) is 27.3 Å². The highest BCUT2D eigenvalue weighted by Crippen LogP contribution is 2.36. The number of hydrogen-bond acceptors (Lipinski definition) is 5. The highest BCUT2D eigenvalue weighted by molar-refractivity contribution is 7.21. The summed E-state index contributed by atoms with van der Waals surface area (Å²) in [7, 11) is 0. The van der Waals surface area contributed by atoms with Crippen molar-refractivity contribution in [1.82, 2.24) is 14.5 Å². The lowest BCUT2D eigenvalue weighted by Crippen LogP contribution is -2.39. The standard InChI is InChI=1S/C29H39N4O2S/c1-6-21-17-23(32-12-9-13-33(15-14-32)28(34)35-29(3,4)5)19-25-27(21)30-26-20(2)16-22(18-24(26)36-25)31-10-7-8-11-31/h16-19H,6-15H2,1-5H3/q+1. The Labute approximate surface area is 218 Å². The van der Waals surface area contributed by atoms with E-state index in [9.17, 15) is 4.79 Å². The molecule has 1 aliphatic carbocycles. The van der Waals surface area contributed by atoms with Crippen LogP contribution in [0.4, 0.5) is 10.5 Å². The molecule has 1 aromatic rings. The molecule has 0 N–H and O–H groups in total. The van der Waals surface area contributed by atoms with Crippen LogP contribution >= 0.6 is 11.3 Å². The van der Waals surface area contributed by atoms with Gasteiger partial charge in [0.25, 0.3) is 0 Å². The first-order chi connectivity index (χ1) is 17.2. The van der Waals surface area contributed by atoms with E-state index in [2.05, 4.69) is 47.6 Å². The average molecular weight is 508 g/mol. The molecule has 0 atom stereocenters. The molecule has 0 bridgehead atoms. The summed E-state index contributed by atoms with van der Waals surface area (Å²) in [6, 6.07) is 9.28. The van der Waals surface area contributed by atoms with Crippen LogP contribution in [0.5, 0.6) is 0 Å². The summed E-state index contributed by atoms with van der Waals surface area (Å²) >= 11 is 1.86. The lowest BCUT2D eigenvalue weighted by Gasteiger charge is -2.25. The second kappa shape index (κ2) is 10.0. The Bertz CT molecular complexity index is 1320. The molecule has 0 spiro atoms. The number of nitrogens with zero attached hydrogens (tertiary/aromatic N) is 4. The van der Waals surface area contributed by atoms with Crippen LogP contribution < -0.4 is 14.8 Å². The minimum atomic E-state index is -0.471. The maximum Gasteiger partial charge on any atom is 0.410 e. The van der Waals surface area contributed by atoms with Crippen molar-refractivity contribution in [2.45, 2.75) is 65.9 Å². The Balaban J connectivity index is 1.53. The van der Waals surface area contributed by atoms with Crippen LogP contribution in [0.1, 0.15) is 58.1 Å². The quantitative estimate of drug-likeness (QED) is 0.350. The van der Waals surface area contributed by atoms with Crippen LogP contribution in [0.2, 0.25) is 0 Å². The topological polar surface area (TPSA) is 48.7 Å². The van der Waals surface area contributed by atoms with Gasteiger partial charge in [-0.3, -0.25) is 0 Å². The molecule has 4 aliphatic rings. The second-order valence-electron chi connectivity index (χ2n) is 11.1. The summed E-state index contributed by atoms with van der Waals surface area (Å²) < 4.78 is 9.31. The molecular formula is C29H39N4O2S+. The van der Waals surface area contributed by atoms with Crippen molar-refractivity contribution in [3.05, 3.63) is 40.7 Å². The van der Waals surface area contributed by atoms with E-state index in [0.29, 0.717) is 6.54 Å². The van der Waals surface area contributed by atoms with Crippen molar-refractivity contribution in [2.75, 3.05) is 44.2 Å². The first-order valence-electron chi connectivity index (χ1n) is 13.4. The minimum Gasteiger partial charge on any atom is -0.444 e. The molecule has 1 aromatic carbocycles. The first kappa shape index (κ1) is 25.0. The number of hydrogen-bond donors (Lipinski definition) is 0. The van der Waals surface area contributed by atoms with Crippen LogP contribution in [0, 0.1) is 6.92 Å². The van der Waals surface area contributed by atoms with Gasteiger partial charge in [-0.1, -0.05) is 6.92 Å². The first-order valence-corrected chi connectivity index (χ1v) is 14.2. The Morgan fingerprint density at radius 3 is 2.56 bits per heavy atom. The van der Waals surface area contributed by atoms with Crippen molar-refractivity contribution >= 4 is 33.3 Å². The Hall–Kier alpha value is -2.67. The van der Waals surface area contributed by atoms with Gasteiger partial charge in [-0.05, 0) is 70.2 Å². The number of carbonyl (C=O) groups excluding carboxylic acids is 1. The lowest BCUT2D eigenvalue weighted by molar-refractivity contribution is 0.0262. The Morgan fingerprint density at radius 1 is 1.06 bits per heavy atom. The number of rotatable bonds is 2. The maximum absolute atomic E-state index is 12.6. The fraction of sp³-hybridized carbons (Fsp3) is 0.552. The number of benzene rings is 2. The molecule has 192 valence electrons. The summed E-state index contributed by atoms with van der Waals surface area (Å²) in [5, 5.41) is 1.23. The zero-order chi connectivity index (χ0) is 25.4. The van der Waals surface area contributed by atoms with Crippen LogP contribution in [0.25, 0.3) is 20.8 Å². The van der Waals surface area contributed by atoms with Gasteiger partial charge in [0.15, 0.2) is 6.54 Å². The van der Waals surface area contributed by atoms with Crippen LogP contribution in [0.15, 0.2) is 24.3 Å². The number of anilines is 1. The van der Waals surface area contributed by atoms with E-state index in [0.717, 1.165) is 56.8 Å². The van der Waals surface area contributed by atoms with Gasteiger partial charge in [-0.25, -0.2) is 14.4 Å². The van der Waals surface area contributed by atoms with Crippen molar-refractivity contribution in [3.8, 4) is 10.6 Å². The van der Waals surface area contributed by atoms with Crippen LogP contribution in [0.3, 0.4) is 0 Å². The predicted octanol–water partition coefficient (Wildman–Crippen LogP) is 5.29. The van der Waals surface area contributed by atoms with E-state index in [-0.39, 0.29) is 6.09 Å². The van der Waals surface area contributed by atoms with Crippen molar-refractivity contribution in [1.29, 1.82) is 0 Å². The monoisotopic (exact) mass is 507 g/mol. The summed E-state index contributed by atoms with van der Waals surface area (Å²) in [6.45, 7) is 15.6. The smallest absolute Gasteiger partial charge is 0.410 e. The predicted molar refractivity (Wildman–Crippen MR) is 149 cm³/mol. The second-order valence-corrected chi connectivity index (χ2v) is 12.2. The number of aromatic nitrogens is 1. The zero-order valence-corrected chi connectivity index (χ0v) is 23.2. The normalized spacial score (nSPS) is 18.7. The van der Waals surface area contributed by atoms with Gasteiger partial charge < -0.3 is 14.5 Å². The van der Waals surface area contributed by atoms with E-state index in [1.807, 2.05) is 37.0 Å². The highest BCUT2D eigenvalue weighted by Gasteiger charge is 2.26. The van der Waals surface area contributed by atoms with Gasteiger partial charge in [-0.15, -0.1) is 11.3 Å². The molecule has 7 heteroatoms. The summed E-state index contributed by atoms with van der Waals surface area (Å²) in [4.78, 5) is 23.4. The molecule has 0 aromatic heterocycles. The molecule has 0 unspecified atom stereocenters. The largest absolute Gasteiger partial charge is 0.444 e. The highest BCUT2D eigenvalue weighted by atomic mass is 32.1. The molecule has 0 radical (unpaired) electrons. The third-order valence-corrected chi connectivity index (χ3v) is 8.26. The maximum atomic E-state index is 12.6. The van der Waals surface area contributed by atoms with E-state index < -0.39 is 5.60 Å². The van der Waals surface area contributed by atoms with Gasteiger partial charge in [0.2, 0.25) is 5.36 Å². The van der Waals surface area contributed by atoms with Gasteiger partial charge in [0, 0.05) is 43.9 Å². The van der Waals surface area contributed by atoms with E-state index >= 15 is 0 Å². The molecule has 2 saturated heterocycles. The minimum absolute atomic E-state index is 0.209. The number of fused-ring (bicyclic) bond motifs is 2. The fourth-order valence-corrected chi connectivity index (χ4v) is 6.50. The molecule has 1 amide bonds. The zero-order valence-electron chi connectivity index (χ0n) is 22.4. The summed E-state index contributed by atoms with van der Waals surface area (Å²) in [5.74, 6) is 0. The Morgan fingerprint density at radius 2 is 1.83 bits per heavy atom. The molecular weight excluding hydrogens is 468 g/mol. The molecule has 0 saturated carbocycles. The van der Waals surface area contributed by atoms with Crippen molar-refractivity contribution in [3.63, 3.8) is 0 Å². The number of carbonyl (C=O) groups is 1. The van der Waals surface area contributed by atoms with Crippen molar-refractivity contribution in [2.24, 2.45) is 0 Å². The fourth-order valence-electron chi connectivity index (χ4n) is 5.33. The SMILES string of the molecule is CCc1cc(=[N+]2CCCN(C(=O)OC(C)(C)C)CC2)cc2sc3cc(N4CCCC4)cc(C)c3nc1-2. The van der Waals surface area contributed by atoms with E-state index in [1.165, 1.54) is 44.6 Å². The summed E-state index contributed by atoms with van der Waals surface area (Å²) in [5.41, 5.74) is 5.66. The van der Waals surface area contributed by atoms with Crippen molar-refractivity contribution < 1.29 is 9.53 Å². The third kappa shape index (κ3) is 5.22. The lowest BCUT2D eigenvalue weighted by atomic mass is 10.1. The van der Waals surface area contributed by atoms with Crippen LogP contribution in [-0.4, -0.2) is 60.8 Å². The van der Waals surface area contributed by atoms with E-state index in [1.54, 1.807) is 0 Å². The molecule has 2 fully saturated rings.